The second-order valence-corrected chi connectivity index (χ2v) is 1.81. The third-order valence-corrected chi connectivity index (χ3v) is 1.10. The summed E-state index contributed by atoms with van der Waals surface area (Å²) in [6.07, 6.45) is 0.236. The summed E-state index contributed by atoms with van der Waals surface area (Å²) in [6, 6.07) is 0. The number of nitrogens with one attached hydrogen (secondary N) is 1. The van der Waals surface area contributed by atoms with Gasteiger partial charge < -0.3 is 5.32 Å². The Morgan fingerprint density at radius 1 is 1.58 bits per heavy atom. The first kappa shape index (κ1) is 10.7. The molecule has 0 aromatic rings. The minimum absolute atomic E-state index is 0.0837. The molecule has 0 atom stereocenters. The maximum Gasteiger partial charge on any atom is 0.227 e. The molecular weight excluding hydrogens is 156 g/mol. The molecule has 0 spiro atoms. The smallest absolute Gasteiger partial charge is 0.227 e. The van der Waals surface area contributed by atoms with Crippen LogP contribution in [0.2, 0.25) is 0 Å². The molecule has 0 radical (unpaired) electrons. The van der Waals surface area contributed by atoms with Crippen molar-refractivity contribution in [3.63, 3.8) is 0 Å². The first-order valence-electron chi connectivity index (χ1n) is 3.94. The molecule has 0 saturated carbocycles. The number of hydrogen-bond donors (Lipinski definition) is 1. The van der Waals surface area contributed by atoms with E-state index in [1.54, 1.807) is 7.05 Å². The molecule has 1 amide bonds. The molecule has 1 heterocycles. The normalized spacial score (nSPS) is 13.1. The summed E-state index contributed by atoms with van der Waals surface area (Å²) >= 11 is 0. The Bertz CT molecular complexity index is 198. The van der Waals surface area contributed by atoms with Gasteiger partial charge in [0.2, 0.25) is 5.91 Å². The van der Waals surface area contributed by atoms with E-state index in [-0.39, 0.29) is 12.3 Å². The fraction of sp³-hybridized carbons (Fsp3) is 0.714. The van der Waals surface area contributed by atoms with Crippen LogP contribution in [-0.4, -0.2) is 25.5 Å². The van der Waals surface area contributed by atoms with E-state index >= 15 is 0 Å². The average Bonchev–Trinajstić information content (AvgIpc) is 2.60. The highest BCUT2D eigenvalue weighted by atomic mass is 16.1. The molecule has 0 aromatic carbocycles. The van der Waals surface area contributed by atoms with Crippen molar-refractivity contribution in [2.24, 2.45) is 15.2 Å². The van der Waals surface area contributed by atoms with Crippen LogP contribution in [0.25, 0.3) is 0 Å². The molecule has 0 unspecified atom stereocenters. The fourth-order valence-corrected chi connectivity index (χ4v) is 0.581. The number of nitrogens with zero attached hydrogens (tertiary/aromatic N) is 3. The molecule has 5 nitrogen and oxygen atoms in total. The molecule has 0 bridgehead atoms. The van der Waals surface area contributed by atoms with Crippen LogP contribution in [0.1, 0.15) is 20.3 Å². The van der Waals surface area contributed by atoms with Gasteiger partial charge in [0.05, 0.1) is 6.42 Å². The molecule has 0 aromatic heterocycles. The van der Waals surface area contributed by atoms with Gasteiger partial charge >= 0.3 is 0 Å². The van der Waals surface area contributed by atoms with Gasteiger partial charge in [-0.15, -0.1) is 5.11 Å². The molecular formula is C7H14N4O. The van der Waals surface area contributed by atoms with Gasteiger partial charge in [0, 0.05) is 7.05 Å². The Kier molecular flexibility index (Phi) is 5.77. The summed E-state index contributed by atoms with van der Waals surface area (Å²) in [7, 11) is 1.58. The molecule has 1 aliphatic rings. The zero-order valence-electron chi connectivity index (χ0n) is 7.66. The van der Waals surface area contributed by atoms with E-state index < -0.39 is 0 Å². The highest BCUT2D eigenvalue weighted by Gasteiger charge is 2.06. The highest BCUT2D eigenvalue weighted by molar-refractivity contribution is 6.00. The molecule has 0 saturated heterocycles. The van der Waals surface area contributed by atoms with E-state index in [0.717, 1.165) is 0 Å². The van der Waals surface area contributed by atoms with Crippen molar-refractivity contribution in [1.29, 1.82) is 0 Å². The van der Waals surface area contributed by atoms with E-state index in [1.165, 1.54) is 0 Å². The second-order valence-electron chi connectivity index (χ2n) is 1.81. The number of carbonyl (C=O) groups is 1. The number of azo groups is 1. The van der Waals surface area contributed by atoms with Gasteiger partial charge in [-0.2, -0.15) is 5.11 Å². The summed E-state index contributed by atoms with van der Waals surface area (Å²) in [6.45, 7) is 4.37. The van der Waals surface area contributed by atoms with Crippen LogP contribution >= 0.6 is 0 Å². The number of rotatable bonds is 2. The van der Waals surface area contributed by atoms with Crippen LogP contribution in [-0.2, 0) is 4.79 Å². The van der Waals surface area contributed by atoms with E-state index in [1.807, 2.05) is 13.8 Å². The van der Waals surface area contributed by atoms with Crippen LogP contribution in [0.4, 0.5) is 0 Å². The van der Waals surface area contributed by atoms with E-state index in [2.05, 4.69) is 20.5 Å². The molecule has 0 aliphatic carbocycles. The quantitative estimate of drug-likeness (QED) is 0.659. The van der Waals surface area contributed by atoms with Crippen LogP contribution in [0, 0.1) is 0 Å². The zero-order chi connectivity index (χ0) is 9.40. The Morgan fingerprint density at radius 2 is 2.25 bits per heavy atom. The predicted molar refractivity (Wildman–Crippen MR) is 47.2 cm³/mol. The Morgan fingerprint density at radius 3 is 2.67 bits per heavy atom. The van der Waals surface area contributed by atoms with Crippen LogP contribution in [0.5, 0.6) is 0 Å². The molecule has 12 heavy (non-hydrogen) atoms. The lowest BCUT2D eigenvalue weighted by molar-refractivity contribution is -0.119. The van der Waals surface area contributed by atoms with Crippen LogP contribution in [0.15, 0.2) is 15.2 Å². The largest absolute Gasteiger partial charge is 0.359 e. The molecule has 1 aliphatic heterocycles. The van der Waals surface area contributed by atoms with Crippen molar-refractivity contribution in [2.45, 2.75) is 20.3 Å². The number of carbonyl (C=O) groups excluding carboxylic acids is 1. The first-order chi connectivity index (χ1) is 5.83. The lowest BCUT2D eigenvalue weighted by Gasteiger charge is -1.93. The van der Waals surface area contributed by atoms with Crippen molar-refractivity contribution >= 4 is 11.7 Å². The molecule has 1 N–H and O–H groups in total. The lowest BCUT2D eigenvalue weighted by atomic mass is 10.4. The summed E-state index contributed by atoms with van der Waals surface area (Å²) in [4.78, 5) is 14.5. The van der Waals surface area contributed by atoms with Gasteiger partial charge in [0.1, 0.15) is 0 Å². The first-order valence-corrected chi connectivity index (χ1v) is 3.94. The van der Waals surface area contributed by atoms with E-state index in [9.17, 15) is 4.79 Å². The number of aliphatic imine (C=N–C) groups is 1. The van der Waals surface area contributed by atoms with Gasteiger partial charge in [0.25, 0.3) is 0 Å². The van der Waals surface area contributed by atoms with Crippen molar-refractivity contribution in [3.05, 3.63) is 0 Å². The topological polar surface area (TPSA) is 66.2 Å². The van der Waals surface area contributed by atoms with Gasteiger partial charge in [-0.3, -0.25) is 4.79 Å². The van der Waals surface area contributed by atoms with Gasteiger partial charge in [0.15, 0.2) is 12.5 Å². The van der Waals surface area contributed by atoms with Crippen LogP contribution in [0.3, 0.4) is 0 Å². The number of amides is 1. The lowest BCUT2D eigenvalue weighted by Crippen LogP contribution is -2.19. The van der Waals surface area contributed by atoms with Gasteiger partial charge in [-0.05, 0) is 0 Å². The van der Waals surface area contributed by atoms with Crippen molar-refractivity contribution < 1.29 is 4.79 Å². The van der Waals surface area contributed by atoms with Crippen molar-refractivity contribution in [2.75, 3.05) is 13.7 Å². The number of hydrogen-bond acceptors (Lipinski definition) is 4. The van der Waals surface area contributed by atoms with Crippen molar-refractivity contribution in [1.82, 2.24) is 5.32 Å². The standard InChI is InChI=1S/C5H8N4O.C2H6/c1-6-5(10)2-4-7-3-8-9-4;1-2/h2-3H2,1H3,(H,6,10);1-2H3. The Labute approximate surface area is 72.0 Å². The minimum atomic E-state index is -0.0837. The Balaban J connectivity index is 0.000000561. The maximum absolute atomic E-state index is 10.7. The molecule has 68 valence electrons. The highest BCUT2D eigenvalue weighted by Crippen LogP contribution is 1.97. The van der Waals surface area contributed by atoms with Crippen molar-refractivity contribution in [3.8, 4) is 0 Å². The van der Waals surface area contributed by atoms with Gasteiger partial charge in [-0.25, -0.2) is 4.99 Å². The maximum atomic E-state index is 10.7. The summed E-state index contributed by atoms with van der Waals surface area (Å²) in [5.41, 5.74) is 0. The number of amidine groups is 1. The van der Waals surface area contributed by atoms with Gasteiger partial charge in [-0.1, -0.05) is 13.8 Å². The third kappa shape index (κ3) is 3.80. The van der Waals surface area contributed by atoms with Crippen LogP contribution < -0.4 is 5.32 Å². The molecule has 5 heteroatoms. The summed E-state index contributed by atoms with van der Waals surface area (Å²) < 4.78 is 0. The summed E-state index contributed by atoms with van der Waals surface area (Å²) in [5, 5.41) is 9.70. The monoisotopic (exact) mass is 170 g/mol. The third-order valence-electron chi connectivity index (χ3n) is 1.10. The Hall–Kier alpha value is -1.26. The predicted octanol–water partition coefficient (Wildman–Crippen LogP) is 0.970. The zero-order valence-corrected chi connectivity index (χ0v) is 7.66. The average molecular weight is 170 g/mol. The molecule has 1 rings (SSSR count). The molecule has 0 fully saturated rings. The van der Waals surface area contributed by atoms with E-state index in [0.29, 0.717) is 12.5 Å². The van der Waals surface area contributed by atoms with E-state index in [4.69, 9.17) is 0 Å². The summed E-state index contributed by atoms with van der Waals surface area (Å²) in [5.74, 6) is 0.430. The minimum Gasteiger partial charge on any atom is -0.359 e. The second kappa shape index (κ2) is 6.45. The SMILES string of the molecule is CC.CNC(=O)CC1=NCN=N1. The fourth-order valence-electron chi connectivity index (χ4n) is 0.581.